The minimum atomic E-state index is 0.0437. The molecule has 2 aliphatic rings. The van der Waals surface area contributed by atoms with Gasteiger partial charge < -0.3 is 14.7 Å². The lowest BCUT2D eigenvalue weighted by molar-refractivity contribution is -0.142. The van der Waals surface area contributed by atoms with Gasteiger partial charge in [0.1, 0.15) is 0 Å². The molecule has 1 atom stereocenters. The third-order valence-corrected chi connectivity index (χ3v) is 5.28. The van der Waals surface area contributed by atoms with Crippen LogP contribution in [0.3, 0.4) is 0 Å². The smallest absolute Gasteiger partial charge is 0.226 e. The zero-order chi connectivity index (χ0) is 16.0. The van der Waals surface area contributed by atoms with Crippen molar-refractivity contribution in [3.05, 3.63) is 0 Å². The summed E-state index contributed by atoms with van der Waals surface area (Å²) in [6.45, 7) is 9.97. The number of rotatable bonds is 6. The number of nitrogens with zero attached hydrogens (tertiary/aromatic N) is 2. The van der Waals surface area contributed by atoms with Crippen LogP contribution in [0.25, 0.3) is 0 Å². The summed E-state index contributed by atoms with van der Waals surface area (Å²) >= 11 is 0. The number of aliphatic hydroxyl groups is 1. The zero-order valence-electron chi connectivity index (χ0n) is 14.2. The fourth-order valence-corrected chi connectivity index (χ4v) is 3.71. The maximum atomic E-state index is 12.9. The molecule has 5 nitrogen and oxygen atoms in total. The summed E-state index contributed by atoms with van der Waals surface area (Å²) in [4.78, 5) is 17.2. The molecule has 2 rings (SSSR count). The van der Waals surface area contributed by atoms with E-state index in [4.69, 9.17) is 4.74 Å². The first kappa shape index (κ1) is 17.7. The van der Waals surface area contributed by atoms with Crippen LogP contribution in [-0.4, -0.2) is 73.4 Å². The van der Waals surface area contributed by atoms with E-state index in [9.17, 15) is 9.90 Å². The van der Waals surface area contributed by atoms with E-state index < -0.39 is 0 Å². The Hall–Kier alpha value is -0.650. The fourth-order valence-electron chi connectivity index (χ4n) is 3.71. The number of aliphatic hydroxyl groups excluding tert-OH is 1. The Morgan fingerprint density at radius 2 is 2.00 bits per heavy atom. The van der Waals surface area contributed by atoms with Crippen molar-refractivity contribution in [1.82, 2.24) is 9.80 Å². The van der Waals surface area contributed by atoms with Crippen molar-refractivity contribution >= 4 is 5.91 Å². The van der Waals surface area contributed by atoms with E-state index in [1.807, 2.05) is 4.90 Å². The van der Waals surface area contributed by atoms with Crippen molar-refractivity contribution in [3.63, 3.8) is 0 Å². The number of amides is 1. The van der Waals surface area contributed by atoms with Crippen LogP contribution in [0.4, 0.5) is 0 Å². The van der Waals surface area contributed by atoms with Crippen molar-refractivity contribution in [2.75, 3.05) is 52.5 Å². The van der Waals surface area contributed by atoms with Crippen LogP contribution >= 0.6 is 0 Å². The molecule has 1 aliphatic carbocycles. The molecule has 5 heteroatoms. The van der Waals surface area contributed by atoms with Gasteiger partial charge in [0.05, 0.1) is 19.8 Å². The van der Waals surface area contributed by atoms with Gasteiger partial charge in [0.15, 0.2) is 0 Å². The van der Waals surface area contributed by atoms with Crippen LogP contribution in [0.15, 0.2) is 0 Å². The van der Waals surface area contributed by atoms with E-state index in [0.29, 0.717) is 13.1 Å². The van der Waals surface area contributed by atoms with Gasteiger partial charge in [-0.15, -0.1) is 0 Å². The summed E-state index contributed by atoms with van der Waals surface area (Å²) in [5.41, 5.74) is 0.0853. The minimum absolute atomic E-state index is 0.0437. The van der Waals surface area contributed by atoms with Crippen LogP contribution < -0.4 is 0 Å². The van der Waals surface area contributed by atoms with Gasteiger partial charge in [-0.2, -0.15) is 0 Å². The molecule has 1 heterocycles. The normalized spacial score (nSPS) is 25.9. The number of carbonyl (C=O) groups excluding carboxylic acids is 1. The summed E-state index contributed by atoms with van der Waals surface area (Å²) in [7, 11) is 0. The molecule has 0 aromatic heterocycles. The molecule has 22 heavy (non-hydrogen) atoms. The molecule has 128 valence electrons. The molecular formula is C17H32N2O3. The molecule has 1 saturated heterocycles. The predicted molar refractivity (Wildman–Crippen MR) is 86.7 cm³/mol. The summed E-state index contributed by atoms with van der Waals surface area (Å²) in [5.74, 6) is 0.351. The monoisotopic (exact) mass is 312 g/mol. The molecule has 0 unspecified atom stereocenters. The van der Waals surface area contributed by atoms with Gasteiger partial charge in [-0.3, -0.25) is 9.69 Å². The molecule has 1 aliphatic heterocycles. The lowest BCUT2D eigenvalue weighted by Crippen LogP contribution is -2.48. The first-order valence-corrected chi connectivity index (χ1v) is 8.74. The Morgan fingerprint density at radius 1 is 1.27 bits per heavy atom. The number of hydrogen-bond donors (Lipinski definition) is 1. The first-order chi connectivity index (χ1) is 10.5. The largest absolute Gasteiger partial charge is 0.395 e. The summed E-state index contributed by atoms with van der Waals surface area (Å²) < 4.78 is 5.36. The van der Waals surface area contributed by atoms with Crippen molar-refractivity contribution in [3.8, 4) is 0 Å². The molecule has 0 aromatic carbocycles. The molecule has 1 saturated carbocycles. The molecule has 0 spiro atoms. The molecule has 1 N–H and O–H groups in total. The Labute approximate surface area is 134 Å². The van der Waals surface area contributed by atoms with Gasteiger partial charge in [-0.25, -0.2) is 0 Å². The van der Waals surface area contributed by atoms with Crippen LogP contribution in [0.2, 0.25) is 0 Å². The second-order valence-corrected chi connectivity index (χ2v) is 7.29. The Morgan fingerprint density at radius 3 is 2.64 bits per heavy atom. The standard InChI is InChI=1S/C17H32N2O3/c1-17(2)6-4-3-5-15(17)16(21)19(9-12-20)8-7-18-10-13-22-14-11-18/h15,20H,3-14H2,1-2H3/t15-/m1/s1. The molecule has 0 radical (unpaired) electrons. The fraction of sp³-hybridized carbons (Fsp3) is 0.941. The third kappa shape index (κ3) is 4.67. The highest BCUT2D eigenvalue weighted by Gasteiger charge is 2.39. The maximum Gasteiger partial charge on any atom is 0.226 e. The lowest BCUT2D eigenvalue weighted by atomic mass is 9.68. The van der Waals surface area contributed by atoms with E-state index in [-0.39, 0.29) is 23.8 Å². The van der Waals surface area contributed by atoms with Crippen LogP contribution in [-0.2, 0) is 9.53 Å². The van der Waals surface area contributed by atoms with Crippen molar-refractivity contribution in [1.29, 1.82) is 0 Å². The molecule has 2 fully saturated rings. The predicted octanol–water partition coefficient (Wildman–Crippen LogP) is 1.36. The molecule has 0 bridgehead atoms. The summed E-state index contributed by atoms with van der Waals surface area (Å²) in [5, 5.41) is 9.32. The van der Waals surface area contributed by atoms with Crippen molar-refractivity contribution < 1.29 is 14.6 Å². The van der Waals surface area contributed by atoms with E-state index in [2.05, 4.69) is 18.7 Å². The van der Waals surface area contributed by atoms with E-state index in [1.165, 1.54) is 6.42 Å². The van der Waals surface area contributed by atoms with Crippen molar-refractivity contribution in [2.24, 2.45) is 11.3 Å². The average Bonchev–Trinajstić information content (AvgIpc) is 2.51. The van der Waals surface area contributed by atoms with E-state index >= 15 is 0 Å². The van der Waals surface area contributed by atoms with Crippen LogP contribution in [0.1, 0.15) is 39.5 Å². The summed E-state index contributed by atoms with van der Waals surface area (Å²) in [6, 6.07) is 0. The lowest BCUT2D eigenvalue weighted by Gasteiger charge is -2.40. The molecular weight excluding hydrogens is 280 g/mol. The number of morpholine rings is 1. The minimum Gasteiger partial charge on any atom is -0.395 e. The topological polar surface area (TPSA) is 53.0 Å². The highest BCUT2D eigenvalue weighted by molar-refractivity contribution is 5.79. The maximum absolute atomic E-state index is 12.9. The molecule has 0 aromatic rings. The van der Waals surface area contributed by atoms with Crippen LogP contribution in [0, 0.1) is 11.3 Å². The van der Waals surface area contributed by atoms with Gasteiger partial charge in [0.2, 0.25) is 5.91 Å². The number of ether oxygens (including phenoxy) is 1. The number of hydrogen-bond acceptors (Lipinski definition) is 4. The second kappa shape index (κ2) is 8.27. The van der Waals surface area contributed by atoms with E-state index in [0.717, 1.165) is 52.1 Å². The van der Waals surface area contributed by atoms with Gasteiger partial charge in [-0.1, -0.05) is 26.7 Å². The van der Waals surface area contributed by atoms with Gasteiger partial charge in [0.25, 0.3) is 0 Å². The highest BCUT2D eigenvalue weighted by atomic mass is 16.5. The average molecular weight is 312 g/mol. The Bertz CT molecular complexity index is 354. The quantitative estimate of drug-likeness (QED) is 0.804. The van der Waals surface area contributed by atoms with Gasteiger partial charge in [-0.05, 0) is 18.3 Å². The van der Waals surface area contributed by atoms with E-state index in [1.54, 1.807) is 0 Å². The third-order valence-electron chi connectivity index (χ3n) is 5.28. The second-order valence-electron chi connectivity index (χ2n) is 7.29. The SMILES string of the molecule is CC1(C)CCCC[C@@H]1C(=O)N(CCO)CCN1CCOCC1. The summed E-state index contributed by atoms with van der Waals surface area (Å²) in [6.07, 6.45) is 4.49. The van der Waals surface area contributed by atoms with Gasteiger partial charge in [0, 0.05) is 38.6 Å². The highest BCUT2D eigenvalue weighted by Crippen LogP contribution is 2.41. The Balaban J connectivity index is 1.92. The van der Waals surface area contributed by atoms with Crippen molar-refractivity contribution in [2.45, 2.75) is 39.5 Å². The first-order valence-electron chi connectivity index (χ1n) is 8.74. The van der Waals surface area contributed by atoms with Gasteiger partial charge >= 0.3 is 0 Å². The Kier molecular flexibility index (Phi) is 6.66. The number of carbonyl (C=O) groups is 1. The van der Waals surface area contributed by atoms with Crippen LogP contribution in [0.5, 0.6) is 0 Å². The molecule has 1 amide bonds. The zero-order valence-corrected chi connectivity index (χ0v) is 14.2.